The number of aromatic nitrogens is 1. The lowest BCUT2D eigenvalue weighted by Crippen LogP contribution is -2.48. The highest BCUT2D eigenvalue weighted by molar-refractivity contribution is 5.85. The first-order chi connectivity index (χ1) is 11.9. The zero-order valence-corrected chi connectivity index (χ0v) is 14.7. The molecule has 1 aromatic heterocycles. The van der Waals surface area contributed by atoms with Crippen LogP contribution in [0.3, 0.4) is 0 Å². The molecule has 2 atom stereocenters. The average Bonchev–Trinajstić information content (AvgIpc) is 2.92. The van der Waals surface area contributed by atoms with Gasteiger partial charge >= 0.3 is 5.97 Å². The number of carboxylic acids is 1. The Morgan fingerprint density at radius 1 is 1.32 bits per heavy atom. The molecule has 1 aliphatic rings. The van der Waals surface area contributed by atoms with Crippen molar-refractivity contribution in [1.29, 1.82) is 0 Å². The smallest absolute Gasteiger partial charge is 0.326 e. The maximum absolute atomic E-state index is 12.9. The standard InChI is InChI=1S/C19H22N2O4/c1-11(18-12(2)20-25-13(18)3)8-17(22)21-10-15-7-5-4-6-14(15)9-16(21)19(23)24/h4-7,11,16H,8-10H2,1-3H3,(H,23,24). The zero-order chi connectivity index (χ0) is 18.1. The number of carbonyl (C=O) groups excluding carboxylic acids is 1. The number of amides is 1. The van der Waals surface area contributed by atoms with E-state index in [9.17, 15) is 14.7 Å². The van der Waals surface area contributed by atoms with E-state index in [0.29, 0.717) is 18.7 Å². The number of rotatable bonds is 4. The molecule has 2 heterocycles. The highest BCUT2D eigenvalue weighted by atomic mass is 16.5. The molecular weight excluding hydrogens is 320 g/mol. The Labute approximate surface area is 146 Å². The lowest BCUT2D eigenvalue weighted by molar-refractivity contribution is -0.151. The fourth-order valence-electron chi connectivity index (χ4n) is 3.68. The van der Waals surface area contributed by atoms with Gasteiger partial charge in [0.15, 0.2) is 0 Å². The summed E-state index contributed by atoms with van der Waals surface area (Å²) in [6.07, 6.45) is 0.575. The summed E-state index contributed by atoms with van der Waals surface area (Å²) in [7, 11) is 0. The molecule has 0 radical (unpaired) electrons. The van der Waals surface area contributed by atoms with E-state index in [4.69, 9.17) is 4.52 Å². The van der Waals surface area contributed by atoms with E-state index >= 15 is 0 Å². The van der Waals surface area contributed by atoms with Crippen LogP contribution in [0, 0.1) is 13.8 Å². The molecule has 0 spiro atoms. The van der Waals surface area contributed by atoms with Crippen molar-refractivity contribution in [3.05, 3.63) is 52.4 Å². The van der Waals surface area contributed by atoms with Crippen molar-refractivity contribution < 1.29 is 19.2 Å². The summed E-state index contributed by atoms with van der Waals surface area (Å²) < 4.78 is 5.18. The van der Waals surface area contributed by atoms with Crippen molar-refractivity contribution >= 4 is 11.9 Å². The Hall–Kier alpha value is -2.63. The van der Waals surface area contributed by atoms with Crippen molar-refractivity contribution in [2.75, 3.05) is 0 Å². The summed E-state index contributed by atoms with van der Waals surface area (Å²) in [5, 5.41) is 13.5. The molecule has 1 N–H and O–H groups in total. The van der Waals surface area contributed by atoms with Gasteiger partial charge in [0.05, 0.1) is 5.69 Å². The first-order valence-corrected chi connectivity index (χ1v) is 8.40. The van der Waals surface area contributed by atoms with Crippen LogP contribution in [0.1, 0.15) is 47.4 Å². The summed E-state index contributed by atoms with van der Waals surface area (Å²) in [4.78, 5) is 26.0. The molecule has 25 heavy (non-hydrogen) atoms. The Morgan fingerprint density at radius 3 is 2.60 bits per heavy atom. The minimum atomic E-state index is -0.965. The molecule has 132 valence electrons. The van der Waals surface area contributed by atoms with Crippen LogP contribution < -0.4 is 0 Å². The van der Waals surface area contributed by atoms with Gasteiger partial charge in [-0.3, -0.25) is 4.79 Å². The van der Waals surface area contributed by atoms with E-state index in [0.717, 1.165) is 22.4 Å². The van der Waals surface area contributed by atoms with Gasteiger partial charge in [0.2, 0.25) is 5.91 Å². The highest BCUT2D eigenvalue weighted by Crippen LogP contribution is 2.29. The summed E-state index contributed by atoms with van der Waals surface area (Å²) in [5.74, 6) is -0.496. The molecule has 3 rings (SSSR count). The number of fused-ring (bicyclic) bond motifs is 1. The van der Waals surface area contributed by atoms with Gasteiger partial charge in [0.1, 0.15) is 11.8 Å². The number of carboxylic acid groups (broad SMARTS) is 1. The minimum absolute atomic E-state index is 0.0784. The van der Waals surface area contributed by atoms with Gasteiger partial charge in [-0.25, -0.2) is 4.79 Å². The second-order valence-electron chi connectivity index (χ2n) is 6.69. The molecular formula is C19H22N2O4. The summed E-state index contributed by atoms with van der Waals surface area (Å²) >= 11 is 0. The number of benzene rings is 1. The van der Waals surface area contributed by atoms with E-state index in [-0.39, 0.29) is 18.2 Å². The second-order valence-corrected chi connectivity index (χ2v) is 6.69. The molecule has 0 bridgehead atoms. The lowest BCUT2D eigenvalue weighted by Gasteiger charge is -2.35. The highest BCUT2D eigenvalue weighted by Gasteiger charge is 2.35. The normalized spacial score (nSPS) is 17.9. The quantitative estimate of drug-likeness (QED) is 0.924. The Morgan fingerprint density at radius 2 is 2.00 bits per heavy atom. The molecule has 0 saturated heterocycles. The van der Waals surface area contributed by atoms with Crippen molar-refractivity contribution in [2.24, 2.45) is 0 Å². The van der Waals surface area contributed by atoms with Crippen molar-refractivity contribution in [2.45, 2.75) is 52.1 Å². The molecule has 0 aliphatic carbocycles. The monoisotopic (exact) mass is 342 g/mol. The fourth-order valence-corrected chi connectivity index (χ4v) is 3.68. The second kappa shape index (κ2) is 6.70. The third-order valence-electron chi connectivity index (χ3n) is 4.92. The molecule has 6 nitrogen and oxygen atoms in total. The predicted octanol–water partition coefficient (Wildman–Crippen LogP) is 2.82. The number of carbonyl (C=O) groups is 2. The van der Waals surface area contributed by atoms with Crippen LogP contribution in [0.4, 0.5) is 0 Å². The van der Waals surface area contributed by atoms with Gasteiger partial charge in [-0.15, -0.1) is 0 Å². The van der Waals surface area contributed by atoms with E-state index in [2.05, 4.69) is 5.16 Å². The molecule has 2 unspecified atom stereocenters. The fraction of sp³-hybridized carbons (Fsp3) is 0.421. The summed E-state index contributed by atoms with van der Waals surface area (Å²) in [6.45, 7) is 5.95. The van der Waals surface area contributed by atoms with E-state index in [1.54, 1.807) is 0 Å². The first-order valence-electron chi connectivity index (χ1n) is 8.40. The Balaban J connectivity index is 1.81. The average molecular weight is 342 g/mol. The summed E-state index contributed by atoms with van der Waals surface area (Å²) in [5.41, 5.74) is 3.71. The predicted molar refractivity (Wildman–Crippen MR) is 91.1 cm³/mol. The lowest BCUT2D eigenvalue weighted by atomic mass is 9.91. The number of hydrogen-bond donors (Lipinski definition) is 1. The molecule has 2 aromatic rings. The van der Waals surface area contributed by atoms with Crippen molar-refractivity contribution in [3.8, 4) is 0 Å². The van der Waals surface area contributed by atoms with E-state index in [1.807, 2.05) is 45.0 Å². The van der Waals surface area contributed by atoms with Crippen LogP contribution in [0.2, 0.25) is 0 Å². The van der Waals surface area contributed by atoms with Gasteiger partial charge in [0, 0.05) is 24.9 Å². The van der Waals surface area contributed by atoms with Crippen LogP contribution in [-0.4, -0.2) is 33.1 Å². The van der Waals surface area contributed by atoms with E-state index in [1.165, 1.54) is 4.90 Å². The third kappa shape index (κ3) is 3.29. The number of aryl methyl sites for hydroxylation is 2. The van der Waals surface area contributed by atoms with E-state index < -0.39 is 12.0 Å². The van der Waals surface area contributed by atoms with Gasteiger partial charge in [-0.2, -0.15) is 0 Å². The number of aliphatic carboxylic acids is 1. The summed E-state index contributed by atoms with van der Waals surface area (Å²) in [6, 6.07) is 6.87. The topological polar surface area (TPSA) is 83.6 Å². The van der Waals surface area contributed by atoms with Crippen LogP contribution in [-0.2, 0) is 22.6 Å². The zero-order valence-electron chi connectivity index (χ0n) is 14.7. The van der Waals surface area contributed by atoms with Gasteiger partial charge < -0.3 is 14.5 Å². The maximum atomic E-state index is 12.9. The Kier molecular flexibility index (Phi) is 4.61. The molecule has 1 aliphatic heterocycles. The molecule has 0 fully saturated rings. The first kappa shape index (κ1) is 17.2. The van der Waals surface area contributed by atoms with Crippen LogP contribution in [0.15, 0.2) is 28.8 Å². The number of hydrogen-bond acceptors (Lipinski definition) is 4. The molecule has 6 heteroatoms. The van der Waals surface area contributed by atoms with Gasteiger partial charge in [0.25, 0.3) is 0 Å². The third-order valence-corrected chi connectivity index (χ3v) is 4.92. The molecule has 1 amide bonds. The van der Waals surface area contributed by atoms with Crippen molar-refractivity contribution in [1.82, 2.24) is 10.1 Å². The molecule has 0 saturated carbocycles. The number of nitrogens with zero attached hydrogens (tertiary/aromatic N) is 2. The van der Waals surface area contributed by atoms with Crippen LogP contribution in [0.25, 0.3) is 0 Å². The molecule has 1 aromatic carbocycles. The van der Waals surface area contributed by atoms with Crippen molar-refractivity contribution in [3.63, 3.8) is 0 Å². The maximum Gasteiger partial charge on any atom is 0.326 e. The Bertz CT molecular complexity index is 792. The minimum Gasteiger partial charge on any atom is -0.480 e. The van der Waals surface area contributed by atoms with Gasteiger partial charge in [-0.1, -0.05) is 36.3 Å². The van der Waals surface area contributed by atoms with Crippen LogP contribution in [0.5, 0.6) is 0 Å². The van der Waals surface area contributed by atoms with Crippen LogP contribution >= 0.6 is 0 Å². The SMILES string of the molecule is Cc1noc(C)c1C(C)CC(=O)N1Cc2ccccc2CC1C(=O)O. The largest absolute Gasteiger partial charge is 0.480 e. The van der Waals surface area contributed by atoms with Gasteiger partial charge in [-0.05, 0) is 30.9 Å².